The lowest BCUT2D eigenvalue weighted by Gasteiger charge is -2.08. The molecular weight excluding hydrogens is 421 g/mol. The Bertz CT molecular complexity index is 962. The van der Waals surface area contributed by atoms with Gasteiger partial charge >= 0.3 is 0 Å². The van der Waals surface area contributed by atoms with Gasteiger partial charge in [-0.15, -0.1) is 10.2 Å². The molecule has 0 spiro atoms. The summed E-state index contributed by atoms with van der Waals surface area (Å²) in [6.07, 6.45) is 0. The Kier molecular flexibility index (Phi) is 5.58. The molecule has 0 radical (unpaired) electrons. The molecule has 0 bridgehead atoms. The van der Waals surface area contributed by atoms with Crippen LogP contribution in [-0.2, 0) is 4.79 Å². The summed E-state index contributed by atoms with van der Waals surface area (Å²) in [6, 6.07) is 11.6. The van der Waals surface area contributed by atoms with Crippen molar-refractivity contribution < 1.29 is 9.18 Å². The molecule has 0 unspecified atom stereocenters. The van der Waals surface area contributed by atoms with Crippen LogP contribution < -0.4 is 11.2 Å². The lowest BCUT2D eigenvalue weighted by molar-refractivity contribution is -0.113. The van der Waals surface area contributed by atoms with Gasteiger partial charge in [0.25, 0.3) is 0 Å². The van der Waals surface area contributed by atoms with Crippen molar-refractivity contribution in [3.05, 3.63) is 58.3 Å². The normalized spacial score (nSPS) is 10.7. The molecule has 0 saturated carbocycles. The van der Waals surface area contributed by atoms with Gasteiger partial charge in [0.05, 0.1) is 11.4 Å². The maximum absolute atomic E-state index is 13.3. The van der Waals surface area contributed by atoms with Crippen molar-refractivity contribution in [1.82, 2.24) is 14.9 Å². The summed E-state index contributed by atoms with van der Waals surface area (Å²) in [5.74, 6) is 5.83. The van der Waals surface area contributed by atoms with E-state index < -0.39 is 0 Å². The van der Waals surface area contributed by atoms with Crippen molar-refractivity contribution in [3.63, 3.8) is 0 Å². The third kappa shape index (κ3) is 4.23. The number of carbonyl (C=O) groups is 1. The lowest BCUT2D eigenvalue weighted by Crippen LogP contribution is -2.16. The minimum absolute atomic E-state index is 0.110. The highest BCUT2D eigenvalue weighted by Gasteiger charge is 2.14. The van der Waals surface area contributed by atoms with E-state index in [0.29, 0.717) is 22.2 Å². The molecule has 3 rings (SSSR count). The number of aryl methyl sites for hydroxylation is 1. The summed E-state index contributed by atoms with van der Waals surface area (Å²) >= 11 is 4.57. The summed E-state index contributed by atoms with van der Waals surface area (Å²) < 4.78 is 15.4. The molecule has 0 aliphatic rings. The fourth-order valence-corrected chi connectivity index (χ4v) is 3.49. The first-order valence-corrected chi connectivity index (χ1v) is 9.37. The zero-order chi connectivity index (χ0) is 18.7. The van der Waals surface area contributed by atoms with Crippen molar-refractivity contribution in [3.8, 4) is 11.4 Å². The van der Waals surface area contributed by atoms with Gasteiger partial charge in [-0.3, -0.25) is 4.79 Å². The van der Waals surface area contributed by atoms with Gasteiger partial charge in [-0.05, 0) is 52.7 Å². The molecule has 9 heteroatoms. The predicted molar refractivity (Wildman–Crippen MR) is 104 cm³/mol. The first-order valence-electron chi connectivity index (χ1n) is 7.59. The van der Waals surface area contributed by atoms with Crippen LogP contribution in [0.5, 0.6) is 0 Å². The highest BCUT2D eigenvalue weighted by molar-refractivity contribution is 9.10. The van der Waals surface area contributed by atoms with E-state index in [9.17, 15) is 9.18 Å². The Morgan fingerprint density at radius 3 is 2.85 bits per heavy atom. The first-order chi connectivity index (χ1) is 12.4. The number of halogens is 2. The second-order valence-electron chi connectivity index (χ2n) is 5.51. The molecule has 3 aromatic rings. The first kappa shape index (κ1) is 18.4. The molecule has 0 saturated heterocycles. The molecule has 1 heterocycles. The Hall–Kier alpha value is -2.39. The van der Waals surface area contributed by atoms with Crippen molar-refractivity contribution in [2.45, 2.75) is 12.1 Å². The molecule has 26 heavy (non-hydrogen) atoms. The number of hydrogen-bond acceptors (Lipinski definition) is 5. The maximum Gasteiger partial charge on any atom is 0.234 e. The molecule has 0 aliphatic carbocycles. The second-order valence-corrected chi connectivity index (χ2v) is 7.30. The Morgan fingerprint density at radius 2 is 2.12 bits per heavy atom. The minimum Gasteiger partial charge on any atom is -0.335 e. The minimum atomic E-state index is -0.386. The number of benzene rings is 2. The van der Waals surface area contributed by atoms with Gasteiger partial charge in [0, 0.05) is 10.0 Å². The Morgan fingerprint density at radius 1 is 1.31 bits per heavy atom. The van der Waals surface area contributed by atoms with Gasteiger partial charge in [0.1, 0.15) is 5.82 Å². The van der Waals surface area contributed by atoms with Gasteiger partial charge in [-0.2, -0.15) is 0 Å². The van der Waals surface area contributed by atoms with E-state index in [1.54, 1.807) is 12.1 Å². The van der Waals surface area contributed by atoms with Gasteiger partial charge in [0.15, 0.2) is 5.82 Å². The molecule has 0 aliphatic heterocycles. The lowest BCUT2D eigenvalue weighted by atomic mass is 10.2. The smallest absolute Gasteiger partial charge is 0.234 e. The molecule has 134 valence electrons. The molecule has 1 amide bonds. The summed E-state index contributed by atoms with van der Waals surface area (Å²) in [7, 11) is 0. The number of aromatic nitrogens is 3. The molecule has 3 N–H and O–H groups in total. The Balaban J connectivity index is 1.66. The largest absolute Gasteiger partial charge is 0.335 e. The number of rotatable bonds is 5. The van der Waals surface area contributed by atoms with E-state index in [4.69, 9.17) is 5.84 Å². The van der Waals surface area contributed by atoms with Gasteiger partial charge < -0.3 is 11.2 Å². The number of anilines is 1. The van der Waals surface area contributed by atoms with Crippen molar-refractivity contribution >= 4 is 39.3 Å². The van der Waals surface area contributed by atoms with Gasteiger partial charge in [0.2, 0.25) is 11.1 Å². The average molecular weight is 436 g/mol. The van der Waals surface area contributed by atoms with E-state index >= 15 is 0 Å². The quantitative estimate of drug-likeness (QED) is 0.472. The standard InChI is InChI=1S/C17H15BrFN5OS/c1-10-5-6-14(13(18)7-10)21-15(25)9-26-17-23-22-16(24(17)20)11-3-2-4-12(19)8-11/h2-8H,9,20H2,1H3,(H,21,25). The molecule has 0 atom stereocenters. The van der Waals surface area contributed by atoms with Crippen LogP contribution in [0.1, 0.15) is 5.56 Å². The monoisotopic (exact) mass is 435 g/mol. The number of nitrogens with zero attached hydrogens (tertiary/aromatic N) is 3. The van der Waals surface area contributed by atoms with Crippen LogP contribution in [0.2, 0.25) is 0 Å². The summed E-state index contributed by atoms with van der Waals surface area (Å²) in [4.78, 5) is 12.2. The van der Waals surface area contributed by atoms with Crippen LogP contribution in [0.15, 0.2) is 52.1 Å². The van der Waals surface area contributed by atoms with Crippen LogP contribution >= 0.6 is 27.7 Å². The number of nitrogen functional groups attached to an aromatic ring is 1. The fraction of sp³-hybridized carbons (Fsp3) is 0.118. The third-order valence-corrected chi connectivity index (χ3v) is 5.08. The average Bonchev–Trinajstić information content (AvgIpc) is 2.96. The van der Waals surface area contributed by atoms with E-state index in [1.807, 2.05) is 25.1 Å². The summed E-state index contributed by atoms with van der Waals surface area (Å²) in [6.45, 7) is 1.97. The zero-order valence-corrected chi connectivity index (χ0v) is 16.1. The SMILES string of the molecule is Cc1ccc(NC(=O)CSc2nnc(-c3cccc(F)c3)n2N)c(Br)c1. The highest BCUT2D eigenvalue weighted by atomic mass is 79.9. The van der Waals surface area contributed by atoms with Crippen molar-refractivity contribution in [1.29, 1.82) is 0 Å². The number of carbonyl (C=O) groups excluding carboxylic acids is 1. The van der Waals surface area contributed by atoms with Gasteiger partial charge in [-0.25, -0.2) is 9.07 Å². The molecular formula is C17H15BrFN5OS. The number of nitrogens with one attached hydrogen (secondary N) is 1. The predicted octanol–water partition coefficient (Wildman–Crippen LogP) is 3.60. The van der Waals surface area contributed by atoms with Crippen molar-refractivity contribution in [2.24, 2.45) is 0 Å². The van der Waals surface area contributed by atoms with Crippen molar-refractivity contribution in [2.75, 3.05) is 16.9 Å². The van der Waals surface area contributed by atoms with Crippen LogP contribution in [0.4, 0.5) is 10.1 Å². The maximum atomic E-state index is 13.3. The van der Waals surface area contributed by atoms with Crippen LogP contribution in [0.25, 0.3) is 11.4 Å². The summed E-state index contributed by atoms with van der Waals surface area (Å²) in [5.41, 5.74) is 2.29. The zero-order valence-electron chi connectivity index (χ0n) is 13.7. The molecule has 6 nitrogen and oxygen atoms in total. The molecule has 1 aromatic heterocycles. The second kappa shape index (κ2) is 7.88. The van der Waals surface area contributed by atoms with E-state index in [2.05, 4.69) is 31.4 Å². The number of thioether (sulfide) groups is 1. The topological polar surface area (TPSA) is 85.8 Å². The van der Waals surface area contributed by atoms with Gasteiger partial charge in [-0.1, -0.05) is 30.0 Å². The van der Waals surface area contributed by atoms with Crippen LogP contribution in [0.3, 0.4) is 0 Å². The fourth-order valence-electron chi connectivity index (χ4n) is 2.24. The molecule has 0 fully saturated rings. The third-order valence-electron chi connectivity index (χ3n) is 3.48. The van der Waals surface area contributed by atoms with Crippen LogP contribution in [-0.4, -0.2) is 26.5 Å². The van der Waals surface area contributed by atoms with E-state index in [-0.39, 0.29) is 17.5 Å². The van der Waals surface area contributed by atoms with E-state index in [1.165, 1.54) is 16.8 Å². The summed E-state index contributed by atoms with van der Waals surface area (Å²) in [5, 5.41) is 11.1. The number of hydrogen-bond donors (Lipinski definition) is 2. The van der Waals surface area contributed by atoms with E-state index in [0.717, 1.165) is 21.8 Å². The van der Waals surface area contributed by atoms with Crippen LogP contribution in [0, 0.1) is 12.7 Å². The molecule has 2 aromatic carbocycles. The highest BCUT2D eigenvalue weighted by Crippen LogP contribution is 2.25. The Labute approximate surface area is 162 Å². The number of nitrogens with two attached hydrogens (primary N) is 1. The number of amides is 1.